The SMILES string of the molecule is O=S([O-])Oc1cc(N=C=S)ccc1N=C=S. The predicted octanol–water partition coefficient (Wildman–Crippen LogP) is 2.33. The molecule has 0 bridgehead atoms. The maximum Gasteiger partial charge on any atom is 0.167 e. The van der Waals surface area contributed by atoms with Crippen molar-refractivity contribution in [2.75, 3.05) is 0 Å². The molecule has 0 fully saturated rings. The largest absolute Gasteiger partial charge is 0.740 e. The standard InChI is InChI=1S/C8H4N2O3S3/c11-16(12)13-8-3-6(9-4-14)1-2-7(8)10-5-15/h1-3H,(H,11,12)/p-1. The van der Waals surface area contributed by atoms with Crippen LogP contribution in [-0.2, 0) is 11.4 Å². The Morgan fingerprint density at radius 2 is 2.00 bits per heavy atom. The summed E-state index contributed by atoms with van der Waals surface area (Å²) < 4.78 is 25.3. The lowest BCUT2D eigenvalue weighted by atomic mass is 10.2. The summed E-state index contributed by atoms with van der Waals surface area (Å²) in [6.45, 7) is 0. The van der Waals surface area contributed by atoms with Crippen LogP contribution in [0, 0.1) is 0 Å². The Bertz CT molecular complexity index is 519. The minimum atomic E-state index is -2.70. The Balaban J connectivity index is 3.24. The minimum Gasteiger partial charge on any atom is -0.740 e. The summed E-state index contributed by atoms with van der Waals surface area (Å²) in [6.07, 6.45) is 0. The first-order valence-electron chi connectivity index (χ1n) is 3.74. The monoisotopic (exact) mass is 271 g/mol. The van der Waals surface area contributed by atoms with E-state index in [-0.39, 0.29) is 11.4 Å². The zero-order valence-corrected chi connectivity index (χ0v) is 10.0. The molecule has 0 saturated heterocycles. The Morgan fingerprint density at radius 1 is 1.31 bits per heavy atom. The fourth-order valence-electron chi connectivity index (χ4n) is 0.907. The Labute approximate surface area is 104 Å². The van der Waals surface area contributed by atoms with Crippen LogP contribution >= 0.6 is 24.4 Å². The third kappa shape index (κ3) is 3.71. The van der Waals surface area contributed by atoms with E-state index in [0.717, 1.165) is 0 Å². The van der Waals surface area contributed by atoms with Crippen molar-refractivity contribution in [3.05, 3.63) is 18.2 Å². The van der Waals surface area contributed by atoms with E-state index in [1.807, 2.05) is 0 Å². The van der Waals surface area contributed by atoms with Gasteiger partial charge in [-0.1, -0.05) is 0 Å². The molecule has 0 N–H and O–H groups in total. The summed E-state index contributed by atoms with van der Waals surface area (Å²) >= 11 is 6.13. The van der Waals surface area contributed by atoms with E-state index in [2.05, 4.69) is 48.9 Å². The van der Waals surface area contributed by atoms with Crippen molar-refractivity contribution in [2.45, 2.75) is 0 Å². The van der Waals surface area contributed by atoms with Crippen LogP contribution in [0.25, 0.3) is 0 Å². The minimum absolute atomic E-state index is 0.00261. The van der Waals surface area contributed by atoms with Crippen LogP contribution in [0.1, 0.15) is 0 Å². The summed E-state index contributed by atoms with van der Waals surface area (Å²) in [5, 5.41) is 4.26. The fourth-order valence-corrected chi connectivity index (χ4v) is 1.39. The number of hydrogen-bond acceptors (Lipinski definition) is 7. The van der Waals surface area contributed by atoms with Crippen molar-refractivity contribution >= 4 is 57.5 Å². The molecule has 8 heteroatoms. The highest BCUT2D eigenvalue weighted by atomic mass is 32.2. The zero-order valence-electron chi connectivity index (χ0n) is 7.58. The number of rotatable bonds is 4. The van der Waals surface area contributed by atoms with Crippen LogP contribution in [0.3, 0.4) is 0 Å². The summed E-state index contributed by atoms with van der Waals surface area (Å²) in [6, 6.07) is 4.39. The maximum absolute atomic E-state index is 10.4. The molecule has 0 aromatic heterocycles. The second-order valence-electron chi connectivity index (χ2n) is 2.35. The third-order valence-corrected chi connectivity index (χ3v) is 1.94. The molecule has 16 heavy (non-hydrogen) atoms. The van der Waals surface area contributed by atoms with Crippen molar-refractivity contribution < 1.29 is 12.9 Å². The second-order valence-corrected chi connectivity index (χ2v) is 3.29. The summed E-state index contributed by atoms with van der Waals surface area (Å²) in [7, 11) is 0. The number of aliphatic imine (C=N–C) groups is 2. The van der Waals surface area contributed by atoms with Crippen molar-refractivity contribution in [1.29, 1.82) is 0 Å². The van der Waals surface area contributed by atoms with E-state index in [1.165, 1.54) is 12.1 Å². The smallest absolute Gasteiger partial charge is 0.167 e. The van der Waals surface area contributed by atoms with Gasteiger partial charge in [-0.3, -0.25) is 0 Å². The molecule has 1 atom stereocenters. The molecule has 0 saturated carbocycles. The number of isothiocyanates is 2. The molecular weight excluding hydrogens is 268 g/mol. The molecule has 1 rings (SSSR count). The lowest BCUT2D eigenvalue weighted by molar-refractivity contribution is 0.441. The Morgan fingerprint density at radius 3 is 2.56 bits per heavy atom. The van der Waals surface area contributed by atoms with Gasteiger partial charge in [0.2, 0.25) is 0 Å². The predicted molar refractivity (Wildman–Crippen MR) is 65.4 cm³/mol. The average molecular weight is 271 g/mol. The highest BCUT2D eigenvalue weighted by Crippen LogP contribution is 2.31. The van der Waals surface area contributed by atoms with Gasteiger partial charge in [0.15, 0.2) is 5.75 Å². The van der Waals surface area contributed by atoms with E-state index in [9.17, 15) is 8.76 Å². The number of hydrogen-bond donors (Lipinski definition) is 0. The molecule has 1 unspecified atom stereocenters. The lowest BCUT2D eigenvalue weighted by Crippen LogP contribution is -1.97. The summed E-state index contributed by atoms with van der Waals surface area (Å²) in [4.78, 5) is 7.31. The molecule has 0 aliphatic rings. The molecule has 0 aliphatic carbocycles. The van der Waals surface area contributed by atoms with Crippen LogP contribution in [0.2, 0.25) is 0 Å². The van der Waals surface area contributed by atoms with Crippen LogP contribution in [0.15, 0.2) is 28.2 Å². The summed E-state index contributed by atoms with van der Waals surface area (Å²) in [5.41, 5.74) is 0.640. The van der Waals surface area contributed by atoms with E-state index in [1.54, 1.807) is 6.07 Å². The Kier molecular flexibility index (Phi) is 5.07. The van der Waals surface area contributed by atoms with E-state index in [4.69, 9.17) is 0 Å². The first-order chi connectivity index (χ1) is 7.67. The first-order valence-corrected chi connectivity index (χ1v) is 5.56. The fraction of sp³-hybridized carbons (Fsp3) is 0. The number of thiocarbonyl (C=S) groups is 2. The Hall–Kier alpha value is -1.27. The van der Waals surface area contributed by atoms with Crippen LogP contribution in [-0.4, -0.2) is 19.1 Å². The molecule has 0 amide bonds. The van der Waals surface area contributed by atoms with Gasteiger partial charge in [-0.15, -0.1) is 0 Å². The van der Waals surface area contributed by atoms with Crippen LogP contribution in [0.5, 0.6) is 5.75 Å². The molecule has 82 valence electrons. The molecule has 0 aliphatic heterocycles. The van der Waals surface area contributed by atoms with Crippen molar-refractivity contribution in [2.24, 2.45) is 9.98 Å². The van der Waals surface area contributed by atoms with E-state index < -0.39 is 11.4 Å². The van der Waals surface area contributed by atoms with Gasteiger partial charge < -0.3 is 8.74 Å². The van der Waals surface area contributed by atoms with Gasteiger partial charge in [0.25, 0.3) is 0 Å². The molecule has 0 radical (unpaired) electrons. The molecule has 1 aromatic rings. The molecule has 0 heterocycles. The van der Waals surface area contributed by atoms with Gasteiger partial charge >= 0.3 is 0 Å². The van der Waals surface area contributed by atoms with Crippen molar-refractivity contribution in [3.63, 3.8) is 0 Å². The normalized spacial score (nSPS) is 10.8. The molecule has 1 aromatic carbocycles. The van der Waals surface area contributed by atoms with E-state index >= 15 is 0 Å². The maximum atomic E-state index is 10.4. The van der Waals surface area contributed by atoms with Gasteiger partial charge in [-0.25, -0.2) is 4.21 Å². The van der Waals surface area contributed by atoms with Crippen LogP contribution < -0.4 is 4.18 Å². The molecular formula is C8H3N2O3S3-. The molecule has 0 spiro atoms. The average Bonchev–Trinajstić information content (AvgIpc) is 2.22. The van der Waals surface area contributed by atoms with Gasteiger partial charge in [-0.05, 0) is 36.6 Å². The first kappa shape index (κ1) is 12.8. The van der Waals surface area contributed by atoms with Crippen LogP contribution in [0.4, 0.5) is 11.4 Å². The summed E-state index contributed by atoms with van der Waals surface area (Å²) in [5.74, 6) is -0.00261. The lowest BCUT2D eigenvalue weighted by Gasteiger charge is -2.09. The highest BCUT2D eigenvalue weighted by Gasteiger charge is 2.04. The topological polar surface area (TPSA) is 74.1 Å². The van der Waals surface area contributed by atoms with Gasteiger partial charge in [0.05, 0.1) is 16.0 Å². The highest BCUT2D eigenvalue weighted by molar-refractivity contribution is 7.78. The van der Waals surface area contributed by atoms with Crippen molar-refractivity contribution in [3.8, 4) is 5.75 Å². The van der Waals surface area contributed by atoms with Gasteiger partial charge in [0, 0.05) is 6.07 Å². The second kappa shape index (κ2) is 6.34. The van der Waals surface area contributed by atoms with E-state index in [0.29, 0.717) is 5.69 Å². The third-order valence-electron chi connectivity index (χ3n) is 1.44. The quantitative estimate of drug-likeness (QED) is 0.477. The van der Waals surface area contributed by atoms with Crippen molar-refractivity contribution in [1.82, 2.24) is 0 Å². The number of nitrogens with zero attached hydrogens (tertiary/aromatic N) is 2. The number of benzene rings is 1. The van der Waals surface area contributed by atoms with Gasteiger partial charge in [0.1, 0.15) is 17.0 Å². The molecule has 5 nitrogen and oxygen atoms in total. The van der Waals surface area contributed by atoms with Gasteiger partial charge in [-0.2, -0.15) is 9.98 Å². The zero-order chi connectivity index (χ0) is 12.0.